The highest BCUT2D eigenvalue weighted by Crippen LogP contribution is 2.33. The van der Waals surface area contributed by atoms with Gasteiger partial charge in [0, 0.05) is 31.0 Å². The minimum absolute atomic E-state index is 0.00123. The number of carbonyl (C=O) groups is 1. The normalized spacial score (nSPS) is 11.4. The van der Waals surface area contributed by atoms with Gasteiger partial charge in [-0.1, -0.05) is 0 Å². The van der Waals surface area contributed by atoms with Crippen molar-refractivity contribution in [3.05, 3.63) is 53.7 Å². The zero-order valence-electron chi connectivity index (χ0n) is 18.4. The third kappa shape index (κ3) is 6.06. The number of nitrogens with zero attached hydrogens (tertiary/aromatic N) is 2. The van der Waals surface area contributed by atoms with Gasteiger partial charge in [0.15, 0.2) is 16.6 Å². The Hall–Kier alpha value is -3.02. The van der Waals surface area contributed by atoms with Crippen LogP contribution in [0.15, 0.2) is 52.7 Å². The predicted molar refractivity (Wildman–Crippen MR) is 125 cm³/mol. The fourth-order valence-corrected chi connectivity index (χ4v) is 4.96. The van der Waals surface area contributed by atoms with Crippen molar-refractivity contribution >= 4 is 32.4 Å². The first kappa shape index (κ1) is 24.6. The van der Waals surface area contributed by atoms with Gasteiger partial charge in [-0.15, -0.1) is 11.3 Å². The van der Waals surface area contributed by atoms with Gasteiger partial charge in [-0.2, -0.15) is 0 Å². The summed E-state index contributed by atoms with van der Waals surface area (Å²) in [5.74, 6) is 0.408. The van der Waals surface area contributed by atoms with Crippen LogP contribution in [0.5, 0.6) is 11.5 Å². The molecule has 33 heavy (non-hydrogen) atoms. The average Bonchev–Trinajstić information content (AvgIpc) is 3.27. The van der Waals surface area contributed by atoms with Gasteiger partial charge in [0.2, 0.25) is 15.9 Å². The molecule has 0 saturated heterocycles. The number of benzene rings is 2. The number of hydrogen-bond donors (Lipinski definition) is 1. The third-order valence-electron chi connectivity index (χ3n) is 4.83. The van der Waals surface area contributed by atoms with Gasteiger partial charge in [-0.05, 0) is 48.9 Å². The van der Waals surface area contributed by atoms with Crippen molar-refractivity contribution in [1.82, 2.24) is 9.29 Å². The summed E-state index contributed by atoms with van der Waals surface area (Å²) in [6.45, 7) is 0.141. The number of nitrogens with one attached hydrogen (secondary N) is 1. The molecule has 0 bridgehead atoms. The fraction of sp³-hybridized carbons (Fsp3) is 0.273. The first-order valence-corrected chi connectivity index (χ1v) is 12.3. The number of anilines is 1. The Kier molecular flexibility index (Phi) is 8.01. The lowest BCUT2D eigenvalue weighted by Crippen LogP contribution is -2.28. The summed E-state index contributed by atoms with van der Waals surface area (Å²) < 4.78 is 49.8. The second-order valence-electron chi connectivity index (χ2n) is 7.04. The van der Waals surface area contributed by atoms with Crippen LogP contribution in [0.3, 0.4) is 0 Å². The number of hydrogen-bond acceptors (Lipinski definition) is 7. The number of thiazole rings is 1. The number of methoxy groups -OCH3 is 2. The standard InChI is InChI=1S/C22H24FN3O5S2/c1-26(33(28,29)17-9-7-16(23)8-10-17)12-4-5-21(27)25-22-24-18(14-32-22)15-6-11-19(30-2)20(13-15)31-3/h6-11,13-14H,4-5,12H2,1-3H3,(H,24,25,27). The van der Waals surface area contributed by atoms with Crippen molar-refractivity contribution in [1.29, 1.82) is 0 Å². The van der Waals surface area contributed by atoms with Crippen LogP contribution in [-0.2, 0) is 14.8 Å². The van der Waals surface area contributed by atoms with Crippen LogP contribution < -0.4 is 14.8 Å². The predicted octanol–water partition coefficient (Wildman–Crippen LogP) is 4.01. The molecule has 0 saturated carbocycles. The van der Waals surface area contributed by atoms with Gasteiger partial charge >= 0.3 is 0 Å². The van der Waals surface area contributed by atoms with Crippen LogP contribution in [0.1, 0.15) is 12.8 Å². The molecule has 0 atom stereocenters. The van der Waals surface area contributed by atoms with Crippen LogP contribution in [-0.4, -0.2) is 51.4 Å². The van der Waals surface area contributed by atoms with Gasteiger partial charge in [-0.3, -0.25) is 4.79 Å². The van der Waals surface area contributed by atoms with E-state index in [1.807, 2.05) is 11.4 Å². The maximum Gasteiger partial charge on any atom is 0.242 e. The Bertz CT molecular complexity index is 1210. The average molecular weight is 494 g/mol. The zero-order chi connectivity index (χ0) is 24.0. The lowest BCUT2D eigenvalue weighted by Gasteiger charge is -2.16. The number of ether oxygens (including phenoxy) is 2. The molecule has 0 unspecified atom stereocenters. The summed E-state index contributed by atoms with van der Waals surface area (Å²) in [7, 11) is 0.790. The molecular formula is C22H24FN3O5S2. The zero-order valence-corrected chi connectivity index (χ0v) is 20.0. The maximum atomic E-state index is 13.0. The molecule has 8 nitrogen and oxygen atoms in total. The van der Waals surface area contributed by atoms with Crippen molar-refractivity contribution < 1.29 is 27.1 Å². The lowest BCUT2D eigenvalue weighted by molar-refractivity contribution is -0.116. The molecule has 1 heterocycles. The van der Waals surface area contributed by atoms with Crippen LogP contribution in [0.2, 0.25) is 0 Å². The number of sulfonamides is 1. The van der Waals surface area contributed by atoms with E-state index in [0.717, 1.165) is 22.0 Å². The Morgan fingerprint density at radius 3 is 2.48 bits per heavy atom. The van der Waals surface area contributed by atoms with E-state index in [-0.39, 0.29) is 23.8 Å². The number of aromatic nitrogens is 1. The van der Waals surface area contributed by atoms with Crippen molar-refractivity contribution in [2.45, 2.75) is 17.7 Å². The molecule has 3 aromatic rings. The van der Waals surface area contributed by atoms with Gasteiger partial charge in [0.05, 0.1) is 24.8 Å². The van der Waals surface area contributed by atoms with E-state index in [4.69, 9.17) is 9.47 Å². The summed E-state index contributed by atoms with van der Waals surface area (Å²) in [6, 6.07) is 10.0. The van der Waals surface area contributed by atoms with Crippen molar-refractivity contribution in [2.75, 3.05) is 33.1 Å². The molecular weight excluding hydrogens is 469 g/mol. The Balaban J connectivity index is 1.53. The van der Waals surface area contributed by atoms with E-state index in [1.54, 1.807) is 26.4 Å². The Morgan fingerprint density at radius 2 is 1.82 bits per heavy atom. The van der Waals surface area contributed by atoms with E-state index < -0.39 is 15.8 Å². The van der Waals surface area contributed by atoms with Gasteiger partial charge < -0.3 is 14.8 Å². The van der Waals surface area contributed by atoms with E-state index in [1.165, 1.54) is 30.5 Å². The quantitative estimate of drug-likeness (QED) is 0.458. The van der Waals surface area contributed by atoms with Crippen LogP contribution >= 0.6 is 11.3 Å². The summed E-state index contributed by atoms with van der Waals surface area (Å²) >= 11 is 1.29. The summed E-state index contributed by atoms with van der Waals surface area (Å²) in [5, 5.41) is 5.00. The minimum atomic E-state index is -3.75. The summed E-state index contributed by atoms with van der Waals surface area (Å²) in [4.78, 5) is 16.7. The smallest absolute Gasteiger partial charge is 0.242 e. The highest BCUT2D eigenvalue weighted by Gasteiger charge is 2.20. The minimum Gasteiger partial charge on any atom is -0.493 e. The molecule has 3 rings (SSSR count). The molecule has 1 N–H and O–H groups in total. The Labute approximate surface area is 196 Å². The number of amides is 1. The number of rotatable bonds is 10. The molecule has 11 heteroatoms. The largest absolute Gasteiger partial charge is 0.493 e. The monoisotopic (exact) mass is 493 g/mol. The SMILES string of the molecule is COc1ccc(-c2csc(NC(=O)CCCN(C)S(=O)(=O)c3ccc(F)cc3)n2)cc1OC. The molecule has 0 aliphatic heterocycles. The summed E-state index contributed by atoms with van der Waals surface area (Å²) in [5.41, 5.74) is 1.50. The molecule has 2 aromatic carbocycles. The van der Waals surface area contributed by atoms with Gasteiger partial charge in [-0.25, -0.2) is 22.1 Å². The highest BCUT2D eigenvalue weighted by molar-refractivity contribution is 7.89. The van der Waals surface area contributed by atoms with Crippen LogP contribution in [0.4, 0.5) is 9.52 Å². The molecule has 0 fully saturated rings. The number of carbonyl (C=O) groups excluding carboxylic acids is 1. The molecule has 1 aromatic heterocycles. The van der Waals surface area contributed by atoms with Crippen LogP contribution in [0, 0.1) is 5.82 Å². The van der Waals surface area contributed by atoms with Crippen molar-refractivity contribution in [3.8, 4) is 22.8 Å². The van der Waals surface area contributed by atoms with Crippen molar-refractivity contribution in [2.24, 2.45) is 0 Å². The topological polar surface area (TPSA) is 97.8 Å². The molecule has 0 spiro atoms. The second kappa shape index (κ2) is 10.7. The first-order valence-electron chi connectivity index (χ1n) is 9.94. The van der Waals surface area contributed by atoms with Crippen molar-refractivity contribution in [3.63, 3.8) is 0 Å². The molecule has 0 aliphatic carbocycles. The van der Waals surface area contributed by atoms with Gasteiger partial charge in [0.25, 0.3) is 0 Å². The second-order valence-corrected chi connectivity index (χ2v) is 9.94. The molecule has 176 valence electrons. The fourth-order valence-electron chi connectivity index (χ4n) is 3.01. The number of halogens is 1. The summed E-state index contributed by atoms with van der Waals surface area (Å²) in [6.07, 6.45) is 0.436. The molecule has 1 amide bonds. The first-order chi connectivity index (χ1) is 15.7. The van der Waals surface area contributed by atoms with E-state index in [2.05, 4.69) is 10.3 Å². The molecule has 0 radical (unpaired) electrons. The maximum absolute atomic E-state index is 13.0. The van der Waals surface area contributed by atoms with E-state index in [9.17, 15) is 17.6 Å². The van der Waals surface area contributed by atoms with E-state index >= 15 is 0 Å². The van der Waals surface area contributed by atoms with Gasteiger partial charge in [0.1, 0.15) is 5.82 Å². The molecule has 0 aliphatic rings. The van der Waals surface area contributed by atoms with Crippen LogP contribution in [0.25, 0.3) is 11.3 Å². The lowest BCUT2D eigenvalue weighted by atomic mass is 10.1. The Morgan fingerprint density at radius 1 is 1.12 bits per heavy atom. The third-order valence-corrected chi connectivity index (χ3v) is 7.46. The highest BCUT2D eigenvalue weighted by atomic mass is 32.2. The van der Waals surface area contributed by atoms with E-state index in [0.29, 0.717) is 28.7 Å².